The van der Waals surface area contributed by atoms with Crippen molar-refractivity contribution in [2.75, 3.05) is 6.61 Å². The zero-order chi connectivity index (χ0) is 19.8. The molecule has 0 radical (unpaired) electrons. The molecule has 144 valence electrons. The monoisotopic (exact) mass is 373 g/mol. The van der Waals surface area contributed by atoms with Crippen molar-refractivity contribution >= 4 is 12.0 Å². The lowest BCUT2D eigenvalue weighted by Crippen LogP contribution is -2.45. The first-order valence-corrected chi connectivity index (χ1v) is 8.49. The molecule has 0 saturated carbocycles. The number of benzene rings is 1. The zero-order valence-corrected chi connectivity index (χ0v) is 15.2. The van der Waals surface area contributed by atoms with Crippen LogP contribution >= 0.6 is 0 Å². The number of imide groups is 1. The predicted molar refractivity (Wildman–Crippen MR) is 98.5 cm³/mol. The van der Waals surface area contributed by atoms with Crippen LogP contribution in [0, 0.1) is 5.92 Å². The Morgan fingerprint density at radius 1 is 1.22 bits per heavy atom. The molecular weight excluding hydrogens is 350 g/mol. The van der Waals surface area contributed by atoms with Crippen LogP contribution < -0.4 is 20.5 Å². The Morgan fingerprint density at radius 3 is 2.59 bits per heavy atom. The summed E-state index contributed by atoms with van der Waals surface area (Å²) in [7, 11) is 0. The van der Waals surface area contributed by atoms with E-state index >= 15 is 0 Å². The fraction of sp³-hybridized carbons (Fsp3) is 0.316. The van der Waals surface area contributed by atoms with Gasteiger partial charge in [0.05, 0.1) is 12.6 Å². The number of pyridine rings is 1. The third kappa shape index (κ3) is 6.27. The molecule has 0 unspecified atom stereocenters. The van der Waals surface area contributed by atoms with Crippen LogP contribution in [-0.2, 0) is 11.2 Å². The third-order valence-corrected chi connectivity index (χ3v) is 3.48. The fourth-order valence-electron chi connectivity index (χ4n) is 2.13. The number of nitrogens with one attached hydrogen (secondary N) is 1. The maximum absolute atomic E-state index is 12.0. The molecule has 0 bridgehead atoms. The minimum atomic E-state index is -1.09. The maximum Gasteiger partial charge on any atom is 0.420 e. The molecule has 0 spiro atoms. The smallest absolute Gasteiger partial charge is 0.420 e. The number of ether oxygens (including phenoxy) is 2. The number of hydrogen-bond donors (Lipinski definition) is 3. The number of aromatic nitrogens is 1. The van der Waals surface area contributed by atoms with E-state index in [9.17, 15) is 14.7 Å². The Bertz CT molecular complexity index is 780. The summed E-state index contributed by atoms with van der Waals surface area (Å²) in [6.07, 6.45) is 0.496. The van der Waals surface area contributed by atoms with E-state index in [1.807, 2.05) is 49.5 Å². The summed E-state index contributed by atoms with van der Waals surface area (Å²) < 4.78 is 10.3. The fourth-order valence-corrected chi connectivity index (χ4v) is 2.13. The molecule has 1 heterocycles. The van der Waals surface area contributed by atoms with Crippen molar-refractivity contribution in [2.45, 2.75) is 26.3 Å². The lowest BCUT2D eigenvalue weighted by Gasteiger charge is -2.13. The number of nitrogens with two attached hydrogens (primary N) is 1. The number of carbonyl (C=O) groups excluding carboxylic acids is 2. The van der Waals surface area contributed by atoms with Crippen molar-refractivity contribution in [3.63, 3.8) is 0 Å². The number of nitrogens with zero attached hydrogens (tertiary/aromatic N) is 1. The standard InChI is InChI=1S/C19H23N3O5/c1-12(2)11-26-15-8-9-21-18(16(15)23)27-19(25)22-17(24)14(20)10-13-6-4-3-5-7-13/h3-9,12,14,23H,10-11,20H2,1-2H3,(H,22,24,25)/t14-/m0/s1. The van der Waals surface area contributed by atoms with E-state index in [1.165, 1.54) is 12.3 Å². The molecule has 2 rings (SSSR count). The molecule has 0 aliphatic rings. The maximum atomic E-state index is 12.0. The second-order valence-electron chi connectivity index (χ2n) is 6.34. The Labute approximate surface area is 157 Å². The summed E-state index contributed by atoms with van der Waals surface area (Å²) in [4.78, 5) is 27.7. The lowest BCUT2D eigenvalue weighted by molar-refractivity contribution is -0.121. The van der Waals surface area contributed by atoms with Gasteiger partial charge in [-0.2, -0.15) is 0 Å². The van der Waals surface area contributed by atoms with E-state index in [0.717, 1.165) is 5.56 Å². The molecule has 0 fully saturated rings. The van der Waals surface area contributed by atoms with E-state index in [2.05, 4.69) is 4.98 Å². The second-order valence-corrected chi connectivity index (χ2v) is 6.34. The molecule has 1 atom stereocenters. The zero-order valence-electron chi connectivity index (χ0n) is 15.2. The van der Waals surface area contributed by atoms with Gasteiger partial charge in [0.2, 0.25) is 11.7 Å². The molecule has 0 aliphatic heterocycles. The summed E-state index contributed by atoms with van der Waals surface area (Å²) >= 11 is 0. The van der Waals surface area contributed by atoms with E-state index in [0.29, 0.717) is 6.61 Å². The van der Waals surface area contributed by atoms with Gasteiger partial charge in [0.25, 0.3) is 5.88 Å². The summed E-state index contributed by atoms with van der Waals surface area (Å²) in [6, 6.07) is 9.69. The van der Waals surface area contributed by atoms with E-state index in [1.54, 1.807) is 0 Å². The van der Waals surface area contributed by atoms with Crippen molar-refractivity contribution in [1.29, 1.82) is 0 Å². The number of aromatic hydroxyl groups is 1. The molecule has 0 saturated heterocycles. The van der Waals surface area contributed by atoms with Crippen molar-refractivity contribution < 1.29 is 24.2 Å². The van der Waals surface area contributed by atoms with Gasteiger partial charge in [0.15, 0.2) is 5.75 Å². The van der Waals surface area contributed by atoms with Gasteiger partial charge >= 0.3 is 6.09 Å². The highest BCUT2D eigenvalue weighted by Crippen LogP contribution is 2.33. The van der Waals surface area contributed by atoms with Crippen LogP contribution in [0.2, 0.25) is 0 Å². The van der Waals surface area contributed by atoms with E-state index in [4.69, 9.17) is 15.2 Å². The van der Waals surface area contributed by atoms with Crippen LogP contribution in [-0.4, -0.2) is 34.7 Å². The van der Waals surface area contributed by atoms with Crippen LogP contribution in [0.3, 0.4) is 0 Å². The van der Waals surface area contributed by atoms with Crippen molar-refractivity contribution in [3.05, 3.63) is 48.2 Å². The second kappa shape index (κ2) is 9.54. The minimum Gasteiger partial charge on any atom is -0.501 e. The molecule has 1 aromatic heterocycles. The van der Waals surface area contributed by atoms with Crippen LogP contribution in [0.4, 0.5) is 4.79 Å². The number of amides is 2. The lowest BCUT2D eigenvalue weighted by atomic mass is 10.1. The summed E-state index contributed by atoms with van der Waals surface area (Å²) in [5.74, 6) is -1.11. The van der Waals surface area contributed by atoms with Crippen LogP contribution in [0.5, 0.6) is 17.4 Å². The van der Waals surface area contributed by atoms with Crippen LogP contribution in [0.25, 0.3) is 0 Å². The van der Waals surface area contributed by atoms with Gasteiger partial charge in [-0.3, -0.25) is 10.1 Å². The SMILES string of the molecule is CC(C)COc1ccnc(OC(=O)NC(=O)[C@@H](N)Cc2ccccc2)c1O. The molecule has 0 aliphatic carbocycles. The topological polar surface area (TPSA) is 124 Å². The van der Waals surface area contributed by atoms with E-state index in [-0.39, 0.29) is 24.0 Å². The van der Waals surface area contributed by atoms with Gasteiger partial charge in [0.1, 0.15) is 0 Å². The highest BCUT2D eigenvalue weighted by Gasteiger charge is 2.20. The Hall–Kier alpha value is -3.13. The largest absolute Gasteiger partial charge is 0.501 e. The molecular formula is C19H23N3O5. The Balaban J connectivity index is 1.93. The summed E-state index contributed by atoms with van der Waals surface area (Å²) in [5.41, 5.74) is 6.67. The first-order valence-electron chi connectivity index (χ1n) is 8.49. The highest BCUT2D eigenvalue weighted by molar-refractivity contribution is 5.95. The molecule has 4 N–H and O–H groups in total. The number of hydrogen-bond acceptors (Lipinski definition) is 7. The van der Waals surface area contributed by atoms with Gasteiger partial charge in [-0.1, -0.05) is 44.2 Å². The average Bonchev–Trinajstić information content (AvgIpc) is 2.63. The van der Waals surface area contributed by atoms with Gasteiger partial charge in [-0.05, 0) is 17.9 Å². The minimum absolute atomic E-state index is 0.133. The highest BCUT2D eigenvalue weighted by atomic mass is 16.6. The van der Waals surface area contributed by atoms with Crippen LogP contribution in [0.1, 0.15) is 19.4 Å². The van der Waals surface area contributed by atoms with Gasteiger partial charge in [0, 0.05) is 12.3 Å². The Morgan fingerprint density at radius 2 is 1.93 bits per heavy atom. The van der Waals surface area contributed by atoms with Crippen molar-refractivity contribution in [2.24, 2.45) is 11.7 Å². The third-order valence-electron chi connectivity index (χ3n) is 3.48. The number of carbonyl (C=O) groups is 2. The first-order chi connectivity index (χ1) is 12.9. The summed E-state index contributed by atoms with van der Waals surface area (Å²) in [6.45, 7) is 4.27. The average molecular weight is 373 g/mol. The molecule has 27 heavy (non-hydrogen) atoms. The molecule has 2 aromatic rings. The molecule has 8 nitrogen and oxygen atoms in total. The molecule has 1 aromatic carbocycles. The molecule has 8 heteroatoms. The van der Waals surface area contributed by atoms with Crippen molar-refractivity contribution in [1.82, 2.24) is 10.3 Å². The van der Waals surface area contributed by atoms with Crippen molar-refractivity contribution in [3.8, 4) is 17.4 Å². The van der Waals surface area contributed by atoms with Gasteiger partial charge < -0.3 is 20.3 Å². The Kier molecular flexibility index (Phi) is 7.13. The predicted octanol–water partition coefficient (Wildman–Crippen LogP) is 2.01. The van der Waals surface area contributed by atoms with Crippen LogP contribution in [0.15, 0.2) is 42.6 Å². The van der Waals surface area contributed by atoms with Gasteiger partial charge in [-0.15, -0.1) is 0 Å². The number of rotatable bonds is 7. The van der Waals surface area contributed by atoms with E-state index < -0.39 is 23.8 Å². The summed E-state index contributed by atoms with van der Waals surface area (Å²) in [5, 5.41) is 12.1. The van der Waals surface area contributed by atoms with Gasteiger partial charge in [-0.25, -0.2) is 9.78 Å². The quantitative estimate of drug-likeness (QED) is 0.678. The normalized spacial score (nSPS) is 11.7. The first kappa shape index (κ1) is 20.2. The molecule has 2 amide bonds.